The van der Waals surface area contributed by atoms with E-state index in [1.807, 2.05) is 6.20 Å². The van der Waals surface area contributed by atoms with Gasteiger partial charge in [-0.05, 0) is 29.7 Å². The number of nitrogens with one attached hydrogen (secondary N) is 1. The van der Waals surface area contributed by atoms with Gasteiger partial charge in [0.2, 0.25) is 0 Å². The minimum Gasteiger partial charge on any atom is -0.379 e. The lowest BCUT2D eigenvalue weighted by Crippen LogP contribution is -2.37. The van der Waals surface area contributed by atoms with Crippen LogP contribution in [0.5, 0.6) is 0 Å². The highest BCUT2D eigenvalue weighted by Gasteiger charge is 2.25. The SMILES string of the molecule is Cn1c2c(c3ccc4cnc(C=Cc5cccc(CCN6CCOCC6)c5)cc4c31)C(=O)NCC2. The Morgan fingerprint density at radius 1 is 1.09 bits per heavy atom. The Bertz CT molecular complexity index is 1450. The lowest BCUT2D eigenvalue weighted by Gasteiger charge is -2.26. The molecule has 6 nitrogen and oxygen atoms in total. The van der Waals surface area contributed by atoms with Crippen molar-refractivity contribution in [3.8, 4) is 0 Å². The zero-order chi connectivity index (χ0) is 23.8. The van der Waals surface area contributed by atoms with E-state index in [-0.39, 0.29) is 5.91 Å². The van der Waals surface area contributed by atoms with Gasteiger partial charge >= 0.3 is 0 Å². The van der Waals surface area contributed by atoms with Crippen LogP contribution in [-0.2, 0) is 24.6 Å². The van der Waals surface area contributed by atoms with Crippen LogP contribution in [-0.4, -0.2) is 59.8 Å². The topological polar surface area (TPSA) is 59.4 Å². The molecule has 4 heterocycles. The van der Waals surface area contributed by atoms with Crippen molar-refractivity contribution in [2.45, 2.75) is 12.8 Å². The van der Waals surface area contributed by atoms with Crippen molar-refractivity contribution in [1.82, 2.24) is 19.8 Å². The normalized spacial score (nSPS) is 16.8. The molecule has 0 bridgehead atoms. The fourth-order valence-electron chi connectivity index (χ4n) is 5.40. The van der Waals surface area contributed by atoms with E-state index in [0.29, 0.717) is 6.54 Å². The Labute approximate surface area is 205 Å². The minimum atomic E-state index is 0.0267. The van der Waals surface area contributed by atoms with E-state index in [4.69, 9.17) is 4.74 Å². The van der Waals surface area contributed by atoms with Gasteiger partial charge in [0.15, 0.2) is 0 Å². The zero-order valence-electron chi connectivity index (χ0n) is 20.1. The van der Waals surface area contributed by atoms with Gasteiger partial charge in [0.1, 0.15) is 0 Å². The van der Waals surface area contributed by atoms with Crippen LogP contribution >= 0.6 is 0 Å². The van der Waals surface area contributed by atoms with Crippen molar-refractivity contribution in [3.05, 3.63) is 76.7 Å². The summed E-state index contributed by atoms with van der Waals surface area (Å²) >= 11 is 0. The Morgan fingerprint density at radius 3 is 2.86 bits per heavy atom. The van der Waals surface area contributed by atoms with E-state index >= 15 is 0 Å². The first kappa shape index (κ1) is 22.0. The molecule has 1 fully saturated rings. The highest BCUT2D eigenvalue weighted by Crippen LogP contribution is 2.33. The lowest BCUT2D eigenvalue weighted by atomic mass is 10.0. The number of ether oxygens (including phenoxy) is 1. The third-order valence-electron chi connectivity index (χ3n) is 7.29. The number of amides is 1. The number of hydrogen-bond acceptors (Lipinski definition) is 4. The Hall–Kier alpha value is -3.48. The summed E-state index contributed by atoms with van der Waals surface area (Å²) in [6.45, 7) is 5.48. The molecule has 6 heteroatoms. The molecule has 2 aromatic carbocycles. The fourth-order valence-corrected chi connectivity index (χ4v) is 5.40. The Balaban J connectivity index is 1.28. The van der Waals surface area contributed by atoms with Gasteiger partial charge in [-0.15, -0.1) is 0 Å². The van der Waals surface area contributed by atoms with E-state index in [2.05, 4.69) is 81.4 Å². The van der Waals surface area contributed by atoms with Crippen molar-refractivity contribution in [1.29, 1.82) is 0 Å². The molecule has 2 aliphatic heterocycles. The van der Waals surface area contributed by atoms with Crippen LogP contribution in [0.2, 0.25) is 0 Å². The van der Waals surface area contributed by atoms with E-state index in [1.165, 1.54) is 11.1 Å². The van der Waals surface area contributed by atoms with Gasteiger partial charge in [-0.25, -0.2) is 0 Å². The second kappa shape index (κ2) is 9.29. The largest absolute Gasteiger partial charge is 0.379 e. The van der Waals surface area contributed by atoms with Gasteiger partial charge < -0.3 is 14.6 Å². The average Bonchev–Trinajstić information content (AvgIpc) is 3.20. The van der Waals surface area contributed by atoms with Gasteiger partial charge in [0, 0.05) is 67.7 Å². The lowest BCUT2D eigenvalue weighted by molar-refractivity contribution is 0.0384. The van der Waals surface area contributed by atoms with E-state index in [0.717, 1.165) is 84.3 Å². The smallest absolute Gasteiger partial charge is 0.253 e. The van der Waals surface area contributed by atoms with Crippen molar-refractivity contribution in [2.75, 3.05) is 39.4 Å². The molecule has 1 amide bonds. The first-order chi connectivity index (χ1) is 17.2. The maximum atomic E-state index is 12.6. The minimum absolute atomic E-state index is 0.0267. The van der Waals surface area contributed by atoms with Crippen LogP contribution in [0.3, 0.4) is 0 Å². The van der Waals surface area contributed by atoms with Crippen LogP contribution in [0, 0.1) is 0 Å². The third kappa shape index (κ3) is 4.24. The average molecular weight is 467 g/mol. The van der Waals surface area contributed by atoms with Crippen molar-refractivity contribution < 1.29 is 9.53 Å². The second-order valence-corrected chi connectivity index (χ2v) is 9.46. The van der Waals surface area contributed by atoms with Gasteiger partial charge in [-0.1, -0.05) is 42.5 Å². The highest BCUT2D eigenvalue weighted by molar-refractivity contribution is 6.16. The second-order valence-electron chi connectivity index (χ2n) is 9.46. The molecule has 0 saturated carbocycles. The number of hydrogen-bond donors (Lipinski definition) is 1. The number of pyridine rings is 1. The monoisotopic (exact) mass is 466 g/mol. The summed E-state index contributed by atoms with van der Waals surface area (Å²) in [5.41, 5.74) is 6.46. The van der Waals surface area contributed by atoms with E-state index in [9.17, 15) is 4.79 Å². The molecule has 178 valence electrons. The van der Waals surface area contributed by atoms with Crippen LogP contribution in [0.25, 0.3) is 33.8 Å². The van der Waals surface area contributed by atoms with Gasteiger partial charge in [0.25, 0.3) is 5.91 Å². The van der Waals surface area contributed by atoms with Crippen molar-refractivity contribution >= 4 is 39.7 Å². The first-order valence-electron chi connectivity index (χ1n) is 12.4. The fraction of sp³-hybridized carbons (Fsp3) is 0.310. The number of benzene rings is 2. The molecule has 6 rings (SSSR count). The molecule has 0 spiro atoms. The van der Waals surface area contributed by atoms with Crippen molar-refractivity contribution in [2.24, 2.45) is 7.05 Å². The number of aryl methyl sites for hydroxylation is 1. The predicted molar refractivity (Wildman–Crippen MR) is 141 cm³/mol. The van der Waals surface area contributed by atoms with Crippen LogP contribution in [0.1, 0.15) is 32.9 Å². The molecule has 2 aliphatic rings. The standard InChI is InChI=1S/C29H30N4O2/c1-32-26-9-11-30-29(34)27(26)24-8-6-22-19-31-23(18-25(22)28(24)32)7-5-20-3-2-4-21(17-20)10-12-33-13-15-35-16-14-33/h2-8,17-19H,9-16H2,1H3,(H,30,34). The summed E-state index contributed by atoms with van der Waals surface area (Å²) in [6, 6.07) is 15.0. The summed E-state index contributed by atoms with van der Waals surface area (Å²) < 4.78 is 7.64. The summed E-state index contributed by atoms with van der Waals surface area (Å²) in [5.74, 6) is 0.0267. The molecular formula is C29H30N4O2. The molecule has 0 atom stereocenters. The highest BCUT2D eigenvalue weighted by atomic mass is 16.5. The maximum Gasteiger partial charge on any atom is 0.253 e. The molecule has 35 heavy (non-hydrogen) atoms. The molecule has 0 radical (unpaired) electrons. The number of fused-ring (bicyclic) bond motifs is 5. The van der Waals surface area contributed by atoms with Gasteiger partial charge in [-0.3, -0.25) is 14.7 Å². The van der Waals surface area contributed by atoms with Crippen molar-refractivity contribution in [3.63, 3.8) is 0 Å². The number of morpholine rings is 1. The predicted octanol–water partition coefficient (Wildman–Crippen LogP) is 4.06. The molecule has 0 unspecified atom stereocenters. The maximum absolute atomic E-state index is 12.6. The van der Waals surface area contributed by atoms with Crippen LogP contribution in [0.15, 0.2) is 48.7 Å². The van der Waals surface area contributed by atoms with Crippen LogP contribution < -0.4 is 5.32 Å². The quantitative estimate of drug-likeness (QED) is 0.482. The molecule has 1 saturated heterocycles. The number of carbonyl (C=O) groups is 1. The Morgan fingerprint density at radius 2 is 1.97 bits per heavy atom. The molecule has 2 aromatic heterocycles. The summed E-state index contributed by atoms with van der Waals surface area (Å²) in [5, 5.41) is 6.21. The van der Waals surface area contributed by atoms with E-state index in [1.54, 1.807) is 0 Å². The molecule has 0 aliphatic carbocycles. The summed E-state index contributed by atoms with van der Waals surface area (Å²) in [4.78, 5) is 19.7. The van der Waals surface area contributed by atoms with Gasteiger partial charge in [0.05, 0.1) is 30.0 Å². The van der Waals surface area contributed by atoms with E-state index < -0.39 is 0 Å². The third-order valence-corrected chi connectivity index (χ3v) is 7.29. The number of rotatable bonds is 5. The number of nitrogens with zero attached hydrogens (tertiary/aromatic N) is 3. The molecule has 1 N–H and O–H groups in total. The first-order valence-corrected chi connectivity index (χ1v) is 12.4. The molecule has 4 aromatic rings. The van der Waals surface area contributed by atoms with Crippen LogP contribution in [0.4, 0.5) is 0 Å². The summed E-state index contributed by atoms with van der Waals surface area (Å²) in [6.07, 6.45) is 8.04. The zero-order valence-corrected chi connectivity index (χ0v) is 20.1. The number of carbonyl (C=O) groups excluding carboxylic acids is 1. The Kier molecular flexibility index (Phi) is 5.84. The summed E-state index contributed by atoms with van der Waals surface area (Å²) in [7, 11) is 2.07. The molecular weight excluding hydrogens is 436 g/mol. The number of aromatic nitrogens is 2. The van der Waals surface area contributed by atoms with Gasteiger partial charge in [-0.2, -0.15) is 0 Å².